The summed E-state index contributed by atoms with van der Waals surface area (Å²) in [7, 11) is 0. The fraction of sp³-hybridized carbons (Fsp3) is 0.417. The number of nitrogens with zero attached hydrogens (tertiary/aromatic N) is 2. The van der Waals surface area contributed by atoms with E-state index >= 15 is 0 Å². The van der Waals surface area contributed by atoms with Crippen molar-refractivity contribution in [1.82, 2.24) is 4.90 Å². The van der Waals surface area contributed by atoms with E-state index in [1.807, 2.05) is 0 Å². The van der Waals surface area contributed by atoms with Crippen molar-refractivity contribution in [3.63, 3.8) is 0 Å². The zero-order chi connectivity index (χ0) is 18.2. The molecule has 0 aromatic heterocycles. The van der Waals surface area contributed by atoms with Gasteiger partial charge in [-0.15, -0.1) is 0 Å². The summed E-state index contributed by atoms with van der Waals surface area (Å²) in [5.41, 5.74) is 7.48. The lowest BCUT2D eigenvalue weighted by Gasteiger charge is -2.36. The van der Waals surface area contributed by atoms with Gasteiger partial charge in [-0.1, -0.05) is 35.9 Å². The summed E-state index contributed by atoms with van der Waals surface area (Å²) in [5, 5.41) is 11.9. The maximum absolute atomic E-state index is 9.13. The van der Waals surface area contributed by atoms with Gasteiger partial charge in [0, 0.05) is 38.4 Å². The number of β-amino-alcohol motifs (C(OH)–C–C–N with tert-alkyl or cyclic N) is 1. The highest BCUT2D eigenvalue weighted by Crippen LogP contribution is 2.40. The van der Waals surface area contributed by atoms with Crippen molar-refractivity contribution in [2.24, 2.45) is 0 Å². The van der Waals surface area contributed by atoms with Crippen LogP contribution < -0.4 is 4.90 Å². The van der Waals surface area contributed by atoms with Gasteiger partial charge in [-0.25, -0.2) is 0 Å². The fourth-order valence-electron chi connectivity index (χ4n) is 5.00. The lowest BCUT2D eigenvalue weighted by Crippen LogP contribution is -2.47. The second-order valence-electron chi connectivity index (χ2n) is 8.01. The molecule has 1 saturated heterocycles. The molecule has 0 saturated carbocycles. The fourth-order valence-corrected chi connectivity index (χ4v) is 5.00. The monoisotopic (exact) mass is 360 g/mol. The third-order valence-electron chi connectivity index (χ3n) is 6.51. The number of anilines is 1. The van der Waals surface area contributed by atoms with Gasteiger partial charge in [0.1, 0.15) is 0 Å². The highest BCUT2D eigenvalue weighted by molar-refractivity contribution is 5.95. The number of aryl methyl sites for hydroxylation is 1. The Hall–Kier alpha value is -2.10. The molecule has 0 radical (unpaired) electrons. The van der Waals surface area contributed by atoms with Gasteiger partial charge in [0.05, 0.1) is 6.61 Å². The van der Waals surface area contributed by atoms with E-state index in [0.29, 0.717) is 0 Å². The van der Waals surface area contributed by atoms with Crippen LogP contribution in [0.4, 0.5) is 5.69 Å². The van der Waals surface area contributed by atoms with Crippen molar-refractivity contribution < 1.29 is 5.11 Å². The molecule has 1 aliphatic heterocycles. The minimum Gasteiger partial charge on any atom is -0.395 e. The topological polar surface area (TPSA) is 26.7 Å². The molecule has 5 rings (SSSR count). The van der Waals surface area contributed by atoms with Crippen LogP contribution in [0.3, 0.4) is 0 Å². The molecule has 0 atom stereocenters. The molecule has 1 N–H and O–H groups in total. The molecule has 27 heavy (non-hydrogen) atoms. The van der Waals surface area contributed by atoms with Gasteiger partial charge in [-0.05, 0) is 65.3 Å². The smallest absolute Gasteiger partial charge is 0.0558 e. The van der Waals surface area contributed by atoms with Crippen molar-refractivity contribution in [1.29, 1.82) is 0 Å². The van der Waals surface area contributed by atoms with Gasteiger partial charge in [0.2, 0.25) is 0 Å². The van der Waals surface area contributed by atoms with Gasteiger partial charge < -0.3 is 10.0 Å². The molecule has 3 nitrogen and oxygen atoms in total. The summed E-state index contributed by atoms with van der Waals surface area (Å²) >= 11 is 0. The first-order valence-corrected chi connectivity index (χ1v) is 10.4. The second kappa shape index (κ2) is 7.14. The van der Waals surface area contributed by atoms with E-state index in [-0.39, 0.29) is 6.61 Å². The Bertz CT molecular complexity index is 919. The van der Waals surface area contributed by atoms with E-state index in [1.54, 1.807) is 5.57 Å². The molecule has 1 heterocycles. The first-order valence-electron chi connectivity index (χ1n) is 10.4. The van der Waals surface area contributed by atoms with E-state index in [0.717, 1.165) is 32.7 Å². The Morgan fingerprint density at radius 2 is 1.81 bits per heavy atom. The summed E-state index contributed by atoms with van der Waals surface area (Å²) in [4.78, 5) is 4.83. The van der Waals surface area contributed by atoms with Crippen LogP contribution in [-0.4, -0.2) is 49.3 Å². The molecule has 140 valence electrons. The predicted molar refractivity (Wildman–Crippen MR) is 113 cm³/mol. The summed E-state index contributed by atoms with van der Waals surface area (Å²) in [5.74, 6) is 0. The Kier molecular flexibility index (Phi) is 4.50. The second-order valence-corrected chi connectivity index (χ2v) is 8.01. The number of hydrogen-bond acceptors (Lipinski definition) is 3. The lowest BCUT2D eigenvalue weighted by atomic mass is 9.79. The number of hydrogen-bond donors (Lipinski definition) is 1. The van der Waals surface area contributed by atoms with E-state index in [4.69, 9.17) is 5.11 Å². The number of benzene rings is 2. The van der Waals surface area contributed by atoms with Crippen LogP contribution in [0.1, 0.15) is 30.4 Å². The molecule has 2 aromatic carbocycles. The average Bonchev–Trinajstić information content (AvgIpc) is 2.73. The van der Waals surface area contributed by atoms with E-state index in [9.17, 15) is 0 Å². The Labute approximate surface area is 161 Å². The summed E-state index contributed by atoms with van der Waals surface area (Å²) in [6.07, 6.45) is 9.53. The number of aliphatic hydroxyl groups is 1. The molecule has 3 heteroatoms. The number of fused-ring (bicyclic) bond motifs is 4. The molecule has 0 bridgehead atoms. The van der Waals surface area contributed by atoms with Gasteiger partial charge in [0.15, 0.2) is 0 Å². The first-order chi connectivity index (χ1) is 13.3. The lowest BCUT2D eigenvalue weighted by molar-refractivity contribution is 0.189. The van der Waals surface area contributed by atoms with Crippen LogP contribution in [0.5, 0.6) is 0 Å². The first kappa shape index (κ1) is 17.0. The molecule has 2 aromatic rings. The molecule has 0 unspecified atom stereocenters. The molecule has 2 aliphatic carbocycles. The highest BCUT2D eigenvalue weighted by atomic mass is 16.3. The minimum absolute atomic E-state index is 0.258. The summed E-state index contributed by atoms with van der Waals surface area (Å²) in [6.45, 7) is 5.20. The third kappa shape index (κ3) is 3.09. The number of allylic oxidation sites excluding steroid dienone is 4. The van der Waals surface area contributed by atoms with Crippen LogP contribution >= 0.6 is 0 Å². The molecule has 0 spiro atoms. The van der Waals surface area contributed by atoms with Crippen molar-refractivity contribution in [2.75, 3.05) is 44.2 Å². The molecule has 3 aliphatic rings. The molecular weight excluding hydrogens is 332 g/mol. The molecule has 1 fully saturated rings. The van der Waals surface area contributed by atoms with Crippen molar-refractivity contribution in [3.8, 4) is 0 Å². The average molecular weight is 361 g/mol. The molecular formula is C24H28N2O. The van der Waals surface area contributed by atoms with E-state index < -0.39 is 0 Å². The summed E-state index contributed by atoms with van der Waals surface area (Å²) in [6, 6.07) is 11.7. The normalized spacial score (nSPS) is 20.1. The van der Waals surface area contributed by atoms with Crippen LogP contribution in [0.15, 0.2) is 48.1 Å². The number of aliphatic hydroxyl groups excluding tert-OH is 1. The van der Waals surface area contributed by atoms with Crippen LogP contribution in [-0.2, 0) is 6.42 Å². The number of piperazine rings is 1. The van der Waals surface area contributed by atoms with Crippen LogP contribution in [0, 0.1) is 0 Å². The van der Waals surface area contributed by atoms with Gasteiger partial charge >= 0.3 is 0 Å². The van der Waals surface area contributed by atoms with Crippen LogP contribution in [0.25, 0.3) is 16.3 Å². The van der Waals surface area contributed by atoms with Gasteiger partial charge in [-0.3, -0.25) is 4.90 Å². The highest BCUT2D eigenvalue weighted by Gasteiger charge is 2.21. The Balaban J connectivity index is 1.45. The van der Waals surface area contributed by atoms with Crippen molar-refractivity contribution >= 4 is 22.0 Å². The zero-order valence-electron chi connectivity index (χ0n) is 16.0. The van der Waals surface area contributed by atoms with E-state index in [1.165, 1.54) is 58.8 Å². The SMILES string of the molecule is OCCN1CCN(c2ccc3c4c(ccc3c2)C2=C(CCC=C2)CC4)CC1. The number of rotatable bonds is 3. The maximum atomic E-state index is 9.13. The van der Waals surface area contributed by atoms with Crippen molar-refractivity contribution in [2.45, 2.75) is 25.7 Å². The maximum Gasteiger partial charge on any atom is 0.0558 e. The van der Waals surface area contributed by atoms with E-state index in [2.05, 4.69) is 52.3 Å². The predicted octanol–water partition coefficient (Wildman–Crippen LogP) is 4.00. The van der Waals surface area contributed by atoms with Gasteiger partial charge in [0.25, 0.3) is 0 Å². The quantitative estimate of drug-likeness (QED) is 0.896. The van der Waals surface area contributed by atoms with Gasteiger partial charge in [-0.2, -0.15) is 0 Å². The molecule has 0 amide bonds. The summed E-state index contributed by atoms with van der Waals surface area (Å²) < 4.78 is 0. The standard InChI is InChI=1S/C24H28N2O/c27-16-15-25-11-13-26(14-12-25)20-7-10-22-19(17-20)6-9-23-21-4-2-1-3-18(21)5-8-24(22)23/h2,4,6-7,9-10,17,27H,1,3,5,8,11-16H2. The largest absolute Gasteiger partial charge is 0.395 e. The van der Waals surface area contributed by atoms with Crippen LogP contribution in [0.2, 0.25) is 0 Å². The zero-order valence-corrected chi connectivity index (χ0v) is 16.0. The Morgan fingerprint density at radius 3 is 2.67 bits per heavy atom. The minimum atomic E-state index is 0.258. The third-order valence-corrected chi connectivity index (χ3v) is 6.51. The Morgan fingerprint density at radius 1 is 0.926 bits per heavy atom. The van der Waals surface area contributed by atoms with Crippen molar-refractivity contribution in [3.05, 3.63) is 59.2 Å².